The van der Waals surface area contributed by atoms with E-state index in [0.29, 0.717) is 12.2 Å². The molecule has 1 heteroatoms. The summed E-state index contributed by atoms with van der Waals surface area (Å²) < 4.78 is 0. The fourth-order valence-electron chi connectivity index (χ4n) is 1.85. The molecule has 0 aromatic heterocycles. The quantitative estimate of drug-likeness (QED) is 0.643. The Labute approximate surface area is 79.5 Å². The van der Waals surface area contributed by atoms with Gasteiger partial charge < -0.3 is 0 Å². The Hall–Kier alpha value is -0.850. The van der Waals surface area contributed by atoms with Gasteiger partial charge in [0.15, 0.2) is 0 Å². The van der Waals surface area contributed by atoms with Crippen LogP contribution in [0.3, 0.4) is 0 Å². The number of Topliss-reactive ketones (excluding diaryl/α,β-unsaturated/α-hetero) is 1. The summed E-state index contributed by atoms with van der Waals surface area (Å²) in [5.74, 6) is 2.04. The van der Waals surface area contributed by atoms with Gasteiger partial charge in [-0.3, -0.25) is 4.79 Å². The number of hydrogen-bond donors (Lipinski definition) is 0. The maximum absolute atomic E-state index is 11.1. The maximum atomic E-state index is 11.1. The van der Waals surface area contributed by atoms with Gasteiger partial charge in [0.2, 0.25) is 0 Å². The van der Waals surface area contributed by atoms with Gasteiger partial charge in [-0.15, -0.1) is 0 Å². The first-order valence-electron chi connectivity index (χ1n) is 5.20. The van der Waals surface area contributed by atoms with Gasteiger partial charge in [-0.25, -0.2) is 0 Å². The monoisotopic (exact) mass is 176 g/mol. The van der Waals surface area contributed by atoms with Crippen molar-refractivity contribution < 1.29 is 4.79 Å². The zero-order valence-corrected chi connectivity index (χ0v) is 8.12. The summed E-state index contributed by atoms with van der Waals surface area (Å²) in [6.07, 6.45) is 10.6. The number of carbonyl (C=O) groups excluding carboxylic acids is 1. The molecule has 0 N–H and O–H groups in total. The fraction of sp³-hybridized carbons (Fsp3) is 0.583. The first kappa shape index (κ1) is 8.74. The molecule has 0 amide bonds. The van der Waals surface area contributed by atoms with Crippen molar-refractivity contribution in [3.05, 3.63) is 23.8 Å². The Morgan fingerprint density at radius 3 is 3.08 bits per heavy atom. The molecule has 2 atom stereocenters. The predicted octanol–water partition coefficient (Wildman–Crippen LogP) is 2.88. The minimum Gasteiger partial charge on any atom is -0.300 e. The van der Waals surface area contributed by atoms with E-state index >= 15 is 0 Å². The molecule has 0 saturated heterocycles. The first-order chi connectivity index (χ1) is 6.29. The molecule has 13 heavy (non-hydrogen) atoms. The molecule has 0 radical (unpaired) electrons. The molecule has 0 aromatic carbocycles. The SMILES string of the molecule is CCC(=O)CCC1=CC2CC2C=C1. The van der Waals surface area contributed by atoms with E-state index in [1.807, 2.05) is 6.92 Å². The van der Waals surface area contributed by atoms with E-state index in [2.05, 4.69) is 18.2 Å². The van der Waals surface area contributed by atoms with Crippen LogP contribution in [0.25, 0.3) is 0 Å². The van der Waals surface area contributed by atoms with Crippen LogP contribution in [-0.2, 0) is 4.79 Å². The van der Waals surface area contributed by atoms with E-state index in [1.54, 1.807) is 0 Å². The van der Waals surface area contributed by atoms with E-state index in [-0.39, 0.29) is 0 Å². The summed E-state index contributed by atoms with van der Waals surface area (Å²) in [7, 11) is 0. The maximum Gasteiger partial charge on any atom is 0.132 e. The molecule has 1 saturated carbocycles. The van der Waals surface area contributed by atoms with Crippen LogP contribution in [0.15, 0.2) is 23.8 Å². The van der Waals surface area contributed by atoms with Crippen LogP contribution in [0.1, 0.15) is 32.6 Å². The topological polar surface area (TPSA) is 17.1 Å². The summed E-state index contributed by atoms with van der Waals surface area (Å²) >= 11 is 0. The van der Waals surface area contributed by atoms with E-state index in [4.69, 9.17) is 0 Å². The molecule has 2 rings (SSSR count). The molecule has 1 nitrogen and oxygen atoms in total. The highest BCUT2D eigenvalue weighted by Gasteiger charge is 2.34. The third kappa shape index (κ3) is 2.09. The van der Waals surface area contributed by atoms with Crippen LogP contribution in [0.4, 0.5) is 0 Å². The third-order valence-corrected chi connectivity index (χ3v) is 2.96. The van der Waals surface area contributed by atoms with Crippen molar-refractivity contribution in [2.24, 2.45) is 11.8 Å². The van der Waals surface area contributed by atoms with E-state index in [9.17, 15) is 4.79 Å². The molecule has 0 heterocycles. The van der Waals surface area contributed by atoms with E-state index in [1.165, 1.54) is 12.0 Å². The lowest BCUT2D eigenvalue weighted by molar-refractivity contribution is -0.118. The highest BCUT2D eigenvalue weighted by atomic mass is 16.1. The standard InChI is InChI=1S/C12H16O/c1-2-12(13)6-4-9-3-5-10-8-11(10)7-9/h3,5,7,10-11H,2,4,6,8H2,1H3. The van der Waals surface area contributed by atoms with Crippen molar-refractivity contribution in [2.45, 2.75) is 32.6 Å². The van der Waals surface area contributed by atoms with Crippen molar-refractivity contribution >= 4 is 5.78 Å². The number of rotatable bonds is 4. The fourth-order valence-corrected chi connectivity index (χ4v) is 1.85. The molecule has 0 aliphatic heterocycles. The molecule has 2 aliphatic rings. The second-order valence-electron chi connectivity index (χ2n) is 4.06. The van der Waals surface area contributed by atoms with Crippen molar-refractivity contribution in [2.75, 3.05) is 0 Å². The van der Waals surface area contributed by atoms with Crippen LogP contribution >= 0.6 is 0 Å². The number of allylic oxidation sites excluding steroid dienone is 4. The van der Waals surface area contributed by atoms with E-state index in [0.717, 1.165) is 24.7 Å². The van der Waals surface area contributed by atoms with Crippen molar-refractivity contribution in [1.29, 1.82) is 0 Å². The Balaban J connectivity index is 1.82. The van der Waals surface area contributed by atoms with Crippen LogP contribution in [0.5, 0.6) is 0 Å². The Bertz CT molecular complexity index is 273. The molecule has 0 bridgehead atoms. The largest absolute Gasteiger partial charge is 0.300 e. The lowest BCUT2D eigenvalue weighted by Gasteiger charge is -2.04. The summed E-state index contributed by atoms with van der Waals surface area (Å²) in [5.41, 5.74) is 1.38. The normalized spacial score (nSPS) is 29.5. The van der Waals surface area contributed by atoms with Gasteiger partial charge in [0.05, 0.1) is 0 Å². The van der Waals surface area contributed by atoms with Gasteiger partial charge in [-0.05, 0) is 24.7 Å². The molecule has 0 aromatic rings. The van der Waals surface area contributed by atoms with Gasteiger partial charge in [0.25, 0.3) is 0 Å². The summed E-state index contributed by atoms with van der Waals surface area (Å²) in [5, 5.41) is 0. The lowest BCUT2D eigenvalue weighted by Crippen LogP contribution is -1.96. The van der Waals surface area contributed by atoms with Crippen molar-refractivity contribution in [1.82, 2.24) is 0 Å². The van der Waals surface area contributed by atoms with Crippen molar-refractivity contribution in [3.63, 3.8) is 0 Å². The third-order valence-electron chi connectivity index (χ3n) is 2.96. The molecule has 1 fully saturated rings. The summed E-state index contributed by atoms with van der Waals surface area (Å²) in [6.45, 7) is 1.93. The Morgan fingerprint density at radius 1 is 1.54 bits per heavy atom. The molecule has 2 unspecified atom stereocenters. The summed E-state index contributed by atoms with van der Waals surface area (Å²) in [6, 6.07) is 0. The molecular formula is C12H16O. The second kappa shape index (κ2) is 3.49. The molecule has 70 valence electrons. The number of hydrogen-bond acceptors (Lipinski definition) is 1. The Kier molecular flexibility index (Phi) is 2.34. The van der Waals surface area contributed by atoms with Gasteiger partial charge in [0, 0.05) is 12.8 Å². The highest BCUT2D eigenvalue weighted by molar-refractivity contribution is 5.78. The highest BCUT2D eigenvalue weighted by Crippen LogP contribution is 2.44. The molecule has 0 spiro atoms. The lowest BCUT2D eigenvalue weighted by atomic mass is 10.0. The van der Waals surface area contributed by atoms with Gasteiger partial charge in [-0.1, -0.05) is 30.7 Å². The van der Waals surface area contributed by atoms with Crippen LogP contribution in [0.2, 0.25) is 0 Å². The molecule has 2 aliphatic carbocycles. The van der Waals surface area contributed by atoms with Gasteiger partial charge in [0.1, 0.15) is 5.78 Å². The smallest absolute Gasteiger partial charge is 0.132 e. The van der Waals surface area contributed by atoms with Crippen LogP contribution in [0, 0.1) is 11.8 Å². The average molecular weight is 176 g/mol. The molecular weight excluding hydrogens is 160 g/mol. The second-order valence-corrected chi connectivity index (χ2v) is 4.06. The average Bonchev–Trinajstić information content (AvgIpc) is 2.91. The van der Waals surface area contributed by atoms with Gasteiger partial charge >= 0.3 is 0 Å². The predicted molar refractivity (Wildman–Crippen MR) is 53.4 cm³/mol. The zero-order valence-electron chi connectivity index (χ0n) is 8.12. The van der Waals surface area contributed by atoms with Crippen molar-refractivity contribution in [3.8, 4) is 0 Å². The number of carbonyl (C=O) groups is 1. The van der Waals surface area contributed by atoms with Gasteiger partial charge in [-0.2, -0.15) is 0 Å². The zero-order chi connectivity index (χ0) is 9.26. The minimum absolute atomic E-state index is 0.382. The first-order valence-corrected chi connectivity index (χ1v) is 5.20. The van der Waals surface area contributed by atoms with Crippen LogP contribution in [-0.4, -0.2) is 5.78 Å². The number of fused-ring (bicyclic) bond motifs is 1. The van der Waals surface area contributed by atoms with Crippen LogP contribution < -0.4 is 0 Å². The Morgan fingerprint density at radius 2 is 2.38 bits per heavy atom. The number of ketones is 1. The van der Waals surface area contributed by atoms with E-state index < -0.39 is 0 Å². The summed E-state index contributed by atoms with van der Waals surface area (Å²) in [4.78, 5) is 11.1. The minimum atomic E-state index is 0.382.